The third-order valence-corrected chi connectivity index (χ3v) is 4.51. The van der Waals surface area contributed by atoms with Crippen LogP contribution in [0.4, 0.5) is 0 Å². The number of carbonyl (C=O) groups excluding carboxylic acids is 1. The molecular weight excluding hydrogens is 252 g/mol. The second-order valence-electron chi connectivity index (χ2n) is 4.71. The summed E-state index contributed by atoms with van der Waals surface area (Å²) in [6, 6.07) is -0.539. The molecule has 0 aliphatic heterocycles. The third-order valence-electron chi connectivity index (χ3n) is 3.34. The maximum Gasteiger partial charge on any atom is 0.303 e. The van der Waals surface area contributed by atoms with E-state index in [1.807, 2.05) is 0 Å². The summed E-state index contributed by atoms with van der Waals surface area (Å²) in [6.45, 7) is 0. The van der Waals surface area contributed by atoms with Crippen LogP contribution in [-0.2, 0) is 9.59 Å². The molecule has 0 aromatic rings. The van der Waals surface area contributed by atoms with Crippen molar-refractivity contribution in [3.8, 4) is 0 Å². The van der Waals surface area contributed by atoms with Gasteiger partial charge in [-0.25, -0.2) is 0 Å². The van der Waals surface area contributed by atoms with Crippen LogP contribution in [0.15, 0.2) is 0 Å². The topological polar surface area (TPSA) is 92.4 Å². The number of thioether (sulfide) groups is 1. The summed E-state index contributed by atoms with van der Waals surface area (Å²) in [4.78, 5) is 22.3. The summed E-state index contributed by atoms with van der Waals surface area (Å²) in [5.41, 5.74) is 5.69. The summed E-state index contributed by atoms with van der Waals surface area (Å²) in [5.74, 6) is -1.14. The Hall–Kier alpha value is -0.750. The van der Waals surface area contributed by atoms with Crippen LogP contribution in [0.25, 0.3) is 0 Å². The van der Waals surface area contributed by atoms with Gasteiger partial charge in [0.1, 0.15) is 0 Å². The summed E-state index contributed by atoms with van der Waals surface area (Å²) in [5, 5.41) is 12.0. The molecule has 4 N–H and O–H groups in total. The van der Waals surface area contributed by atoms with Gasteiger partial charge >= 0.3 is 5.97 Å². The molecular formula is C12H22N2O3S. The van der Waals surface area contributed by atoms with Crippen molar-refractivity contribution in [2.24, 2.45) is 5.73 Å². The second-order valence-corrected chi connectivity index (χ2v) is 5.79. The van der Waals surface area contributed by atoms with Crippen LogP contribution in [0.5, 0.6) is 0 Å². The van der Waals surface area contributed by atoms with Crippen LogP contribution in [-0.4, -0.2) is 40.6 Å². The fraction of sp³-hybridized carbons (Fsp3) is 0.833. The molecule has 0 aromatic heterocycles. The van der Waals surface area contributed by atoms with Gasteiger partial charge in [0.15, 0.2) is 0 Å². The number of carbonyl (C=O) groups is 2. The van der Waals surface area contributed by atoms with Crippen LogP contribution < -0.4 is 11.1 Å². The van der Waals surface area contributed by atoms with Gasteiger partial charge in [-0.15, -0.1) is 0 Å². The van der Waals surface area contributed by atoms with Crippen molar-refractivity contribution in [1.29, 1.82) is 0 Å². The zero-order valence-corrected chi connectivity index (χ0v) is 11.5. The number of amides is 1. The largest absolute Gasteiger partial charge is 0.481 e. The lowest BCUT2D eigenvalue weighted by Gasteiger charge is -2.31. The van der Waals surface area contributed by atoms with Crippen molar-refractivity contribution in [3.63, 3.8) is 0 Å². The molecule has 1 saturated carbocycles. The number of rotatable bonds is 6. The van der Waals surface area contributed by atoms with E-state index in [9.17, 15) is 9.59 Å². The van der Waals surface area contributed by atoms with E-state index in [4.69, 9.17) is 10.8 Å². The number of nitrogens with two attached hydrogens (primary N) is 1. The summed E-state index contributed by atoms with van der Waals surface area (Å²) in [6.07, 6.45) is 6.64. The lowest BCUT2D eigenvalue weighted by Crippen LogP contribution is -2.50. The highest BCUT2D eigenvalue weighted by molar-refractivity contribution is 7.99. The third kappa shape index (κ3) is 4.86. The molecule has 104 valence electrons. The minimum atomic E-state index is -0.919. The lowest BCUT2D eigenvalue weighted by molar-refractivity contribution is -0.137. The normalized spacial score (nSPS) is 25.4. The highest BCUT2D eigenvalue weighted by atomic mass is 32.2. The van der Waals surface area contributed by atoms with Gasteiger partial charge in [-0.1, -0.05) is 12.8 Å². The Balaban J connectivity index is 2.39. The number of hydrogen-bond donors (Lipinski definition) is 3. The lowest BCUT2D eigenvalue weighted by atomic mass is 9.94. The SMILES string of the molecule is CSC1CCCCC1NC(=O)C(N)CCC(=O)O. The second kappa shape index (κ2) is 7.63. The van der Waals surface area contributed by atoms with Gasteiger partial charge in [-0.3, -0.25) is 9.59 Å². The van der Waals surface area contributed by atoms with Gasteiger partial charge in [0.2, 0.25) is 5.91 Å². The molecule has 0 bridgehead atoms. The predicted molar refractivity (Wildman–Crippen MR) is 72.5 cm³/mol. The minimum absolute atomic E-state index is 0.0643. The zero-order chi connectivity index (χ0) is 13.5. The first-order chi connectivity index (χ1) is 8.54. The molecule has 0 aromatic carbocycles. The van der Waals surface area contributed by atoms with Crippen molar-refractivity contribution in [3.05, 3.63) is 0 Å². The van der Waals surface area contributed by atoms with Crippen molar-refractivity contribution >= 4 is 23.6 Å². The van der Waals surface area contributed by atoms with Crippen LogP contribution in [0.3, 0.4) is 0 Å². The van der Waals surface area contributed by atoms with E-state index in [1.54, 1.807) is 11.8 Å². The Morgan fingerprint density at radius 3 is 2.72 bits per heavy atom. The van der Waals surface area contributed by atoms with Gasteiger partial charge in [-0.2, -0.15) is 11.8 Å². The average molecular weight is 274 g/mol. The van der Waals surface area contributed by atoms with Crippen LogP contribution in [0, 0.1) is 0 Å². The molecule has 18 heavy (non-hydrogen) atoms. The molecule has 0 heterocycles. The zero-order valence-electron chi connectivity index (χ0n) is 10.7. The van der Waals surface area contributed by atoms with Gasteiger partial charge in [-0.05, 0) is 25.5 Å². The van der Waals surface area contributed by atoms with Gasteiger partial charge in [0.05, 0.1) is 6.04 Å². The number of carboxylic acids is 1. The first kappa shape index (κ1) is 15.3. The first-order valence-corrected chi connectivity index (χ1v) is 7.64. The Labute approximate surface area is 112 Å². The van der Waals surface area contributed by atoms with Crippen molar-refractivity contribution in [1.82, 2.24) is 5.32 Å². The monoisotopic (exact) mass is 274 g/mol. The molecule has 1 rings (SSSR count). The van der Waals surface area contributed by atoms with Gasteiger partial charge in [0.25, 0.3) is 0 Å². The highest BCUT2D eigenvalue weighted by Crippen LogP contribution is 2.27. The molecule has 6 heteroatoms. The predicted octanol–water partition coefficient (Wildman–Crippen LogP) is 0.969. The van der Waals surface area contributed by atoms with Crippen molar-refractivity contribution in [2.75, 3.05) is 6.26 Å². The van der Waals surface area contributed by atoms with Crippen LogP contribution in [0.2, 0.25) is 0 Å². The van der Waals surface area contributed by atoms with Crippen molar-refractivity contribution < 1.29 is 14.7 Å². The molecule has 0 spiro atoms. The Bertz CT molecular complexity index is 299. The van der Waals surface area contributed by atoms with E-state index >= 15 is 0 Å². The number of hydrogen-bond acceptors (Lipinski definition) is 4. The molecule has 1 aliphatic rings. The van der Waals surface area contributed by atoms with E-state index in [0.717, 1.165) is 19.3 Å². The van der Waals surface area contributed by atoms with E-state index < -0.39 is 12.0 Å². The maximum absolute atomic E-state index is 11.8. The smallest absolute Gasteiger partial charge is 0.303 e. The fourth-order valence-corrected chi connectivity index (χ4v) is 3.18. The van der Waals surface area contributed by atoms with E-state index in [-0.39, 0.29) is 24.8 Å². The highest BCUT2D eigenvalue weighted by Gasteiger charge is 2.27. The first-order valence-electron chi connectivity index (χ1n) is 6.35. The summed E-state index contributed by atoms with van der Waals surface area (Å²) in [7, 11) is 0. The molecule has 1 amide bonds. The molecule has 3 unspecified atom stereocenters. The molecule has 0 radical (unpaired) electrons. The fourth-order valence-electron chi connectivity index (χ4n) is 2.24. The molecule has 3 atom stereocenters. The van der Waals surface area contributed by atoms with E-state index in [0.29, 0.717) is 5.25 Å². The van der Waals surface area contributed by atoms with Crippen molar-refractivity contribution in [2.45, 2.75) is 55.9 Å². The Kier molecular flexibility index (Phi) is 6.49. The molecule has 5 nitrogen and oxygen atoms in total. The number of carboxylic acid groups (broad SMARTS) is 1. The minimum Gasteiger partial charge on any atom is -0.481 e. The summed E-state index contributed by atoms with van der Waals surface area (Å²) < 4.78 is 0. The van der Waals surface area contributed by atoms with E-state index in [2.05, 4.69) is 11.6 Å². The average Bonchev–Trinajstić information content (AvgIpc) is 2.36. The Morgan fingerprint density at radius 2 is 2.11 bits per heavy atom. The quantitative estimate of drug-likeness (QED) is 0.671. The van der Waals surface area contributed by atoms with Crippen LogP contribution >= 0.6 is 11.8 Å². The summed E-state index contributed by atoms with van der Waals surface area (Å²) >= 11 is 1.78. The number of aliphatic carboxylic acids is 1. The van der Waals surface area contributed by atoms with Gasteiger partial charge < -0.3 is 16.2 Å². The molecule has 1 fully saturated rings. The maximum atomic E-state index is 11.8. The van der Waals surface area contributed by atoms with E-state index in [1.165, 1.54) is 6.42 Å². The van der Waals surface area contributed by atoms with Gasteiger partial charge in [0, 0.05) is 17.7 Å². The number of nitrogens with one attached hydrogen (secondary N) is 1. The standard InChI is InChI=1S/C12H22N2O3S/c1-18-10-5-3-2-4-9(10)14-12(17)8(13)6-7-11(15)16/h8-10H,2-7,13H2,1H3,(H,14,17)(H,15,16). The molecule has 1 aliphatic carbocycles. The van der Waals surface area contributed by atoms with Crippen LogP contribution in [0.1, 0.15) is 38.5 Å². The molecule has 0 saturated heterocycles. The Morgan fingerprint density at radius 1 is 1.44 bits per heavy atom.